The van der Waals surface area contributed by atoms with E-state index >= 15 is 0 Å². The van der Waals surface area contributed by atoms with Crippen LogP contribution in [0.1, 0.15) is 40.2 Å². The summed E-state index contributed by atoms with van der Waals surface area (Å²) in [4.78, 5) is 28.8. The Morgan fingerprint density at radius 2 is 1.56 bits per heavy atom. The van der Waals surface area contributed by atoms with Crippen molar-refractivity contribution in [3.8, 4) is 0 Å². The number of carbonyl (C=O) groups is 2. The van der Waals surface area contributed by atoms with Crippen molar-refractivity contribution >= 4 is 43.5 Å². The summed E-state index contributed by atoms with van der Waals surface area (Å²) in [5.41, 5.74) is 0.323. The molecule has 3 aromatic rings. The molecule has 3 amide bonds. The molecule has 0 saturated heterocycles. The van der Waals surface area contributed by atoms with Crippen LogP contribution < -0.4 is 15.4 Å². The van der Waals surface area contributed by atoms with Crippen LogP contribution in [-0.2, 0) is 32.0 Å². The molecule has 1 unspecified atom stereocenters. The van der Waals surface area contributed by atoms with E-state index in [4.69, 9.17) is 0 Å². The lowest BCUT2D eigenvalue weighted by Gasteiger charge is -2.34. The number of nitrogens with zero attached hydrogens (tertiary/aromatic N) is 1. The van der Waals surface area contributed by atoms with Crippen molar-refractivity contribution in [2.75, 3.05) is 25.1 Å². The van der Waals surface area contributed by atoms with Gasteiger partial charge in [0.15, 0.2) is 0 Å². The van der Waals surface area contributed by atoms with Crippen LogP contribution in [0.5, 0.6) is 0 Å². The Bertz CT molecular complexity index is 1570. The molecule has 0 spiro atoms. The molecule has 0 aromatic heterocycles. The fourth-order valence-corrected chi connectivity index (χ4v) is 6.87. The first-order valence-electron chi connectivity index (χ1n) is 14.9. The first-order chi connectivity index (χ1) is 21.0. The summed E-state index contributed by atoms with van der Waals surface area (Å²) in [5, 5.41) is 19.1. The van der Waals surface area contributed by atoms with Crippen LogP contribution in [0.15, 0.2) is 77.7 Å². The molecule has 4 atom stereocenters. The number of urea groups is 1. The highest BCUT2D eigenvalue weighted by molar-refractivity contribution is 7.89. The van der Waals surface area contributed by atoms with Crippen LogP contribution in [0.3, 0.4) is 0 Å². The molecule has 0 radical (unpaired) electrons. The summed E-state index contributed by atoms with van der Waals surface area (Å²) >= 11 is 0. The van der Waals surface area contributed by atoms with Gasteiger partial charge in [-0.05, 0) is 61.6 Å². The minimum atomic E-state index is -3.88. The first-order valence-corrected chi connectivity index (χ1v) is 18.2. The Labute approximate surface area is 269 Å². The van der Waals surface area contributed by atoms with E-state index < -0.39 is 50.5 Å². The van der Waals surface area contributed by atoms with Crippen LogP contribution in [0.25, 0.3) is 10.8 Å². The lowest BCUT2D eigenvalue weighted by atomic mass is 10.00. The third kappa shape index (κ3) is 12.2. The van der Waals surface area contributed by atoms with Crippen LogP contribution in [0, 0.1) is 5.92 Å². The molecule has 10 nitrogen and oxygen atoms in total. The van der Waals surface area contributed by atoms with Gasteiger partial charge in [0, 0.05) is 17.0 Å². The molecule has 3 aromatic carbocycles. The highest BCUT2D eigenvalue weighted by Crippen LogP contribution is 2.19. The Morgan fingerprint density at radius 1 is 0.933 bits per heavy atom. The van der Waals surface area contributed by atoms with Gasteiger partial charge in [-0.1, -0.05) is 74.5 Å². The molecule has 246 valence electrons. The molecule has 0 aliphatic heterocycles. The largest absolute Gasteiger partial charge is 0.389 e. The van der Waals surface area contributed by atoms with Crippen LogP contribution in [0.2, 0.25) is 0 Å². The predicted molar refractivity (Wildman–Crippen MR) is 180 cm³/mol. The maximum atomic E-state index is 13.7. The van der Waals surface area contributed by atoms with Crippen LogP contribution in [0.4, 0.5) is 4.79 Å². The van der Waals surface area contributed by atoms with Crippen LogP contribution >= 0.6 is 0 Å². The molecule has 12 heteroatoms. The third-order valence-corrected chi connectivity index (χ3v) is 8.96. The number of benzene rings is 3. The average molecular weight is 659 g/mol. The molecule has 4 N–H and O–H groups in total. The van der Waals surface area contributed by atoms with Gasteiger partial charge in [0.1, 0.15) is 6.04 Å². The van der Waals surface area contributed by atoms with Crippen LogP contribution in [-0.4, -0.2) is 83.4 Å². The molecule has 0 fully saturated rings. The van der Waals surface area contributed by atoms with E-state index in [1.807, 2.05) is 95.3 Å². The maximum Gasteiger partial charge on any atom is 0.317 e. The smallest absolute Gasteiger partial charge is 0.317 e. The van der Waals surface area contributed by atoms with E-state index in [-0.39, 0.29) is 30.7 Å². The SMILES string of the molecule is CC(C)CN(C[C@@H](O)[C@H](Cc1ccccc1)NC(=O)[C@@H](CS(=O)c1ccc2ccccc2c1)NS(C)(=O)=O)C(=O)NC(C)(C)C. The second-order valence-electron chi connectivity index (χ2n) is 12.8. The lowest BCUT2D eigenvalue weighted by molar-refractivity contribution is -0.123. The number of sulfonamides is 1. The van der Waals surface area contributed by atoms with Crippen molar-refractivity contribution in [1.82, 2.24) is 20.3 Å². The minimum Gasteiger partial charge on any atom is -0.389 e. The molecule has 0 aliphatic carbocycles. The lowest BCUT2D eigenvalue weighted by Crippen LogP contribution is -2.58. The number of hydrogen-bond donors (Lipinski definition) is 4. The van der Waals surface area contributed by atoms with Gasteiger partial charge in [-0.3, -0.25) is 9.00 Å². The van der Waals surface area contributed by atoms with E-state index in [0.29, 0.717) is 11.4 Å². The number of amides is 3. The number of carbonyl (C=O) groups excluding carboxylic acids is 2. The molecular weight excluding hydrogens is 613 g/mol. The Balaban J connectivity index is 1.87. The highest BCUT2D eigenvalue weighted by Gasteiger charge is 2.32. The zero-order valence-corrected chi connectivity index (χ0v) is 28.5. The van der Waals surface area contributed by atoms with Gasteiger partial charge in [0.2, 0.25) is 15.9 Å². The zero-order valence-electron chi connectivity index (χ0n) is 26.8. The van der Waals surface area contributed by atoms with Gasteiger partial charge >= 0.3 is 6.03 Å². The summed E-state index contributed by atoms with van der Waals surface area (Å²) in [7, 11) is -5.61. The molecular formula is C33H46N4O6S2. The first kappa shape index (κ1) is 36.2. The summed E-state index contributed by atoms with van der Waals surface area (Å²) in [6, 6.07) is 19.5. The highest BCUT2D eigenvalue weighted by atomic mass is 32.2. The van der Waals surface area contributed by atoms with Crippen molar-refractivity contribution < 1.29 is 27.3 Å². The normalized spacial score (nSPS) is 14.8. The van der Waals surface area contributed by atoms with Crippen molar-refractivity contribution in [3.63, 3.8) is 0 Å². The summed E-state index contributed by atoms with van der Waals surface area (Å²) < 4.78 is 40.3. The van der Waals surface area contributed by atoms with Gasteiger partial charge < -0.3 is 20.6 Å². The number of aliphatic hydroxyl groups is 1. The number of fused-ring (bicyclic) bond motifs is 1. The number of hydrogen-bond acceptors (Lipinski definition) is 6. The van der Waals surface area contributed by atoms with Gasteiger partial charge in [0.25, 0.3) is 0 Å². The topological polar surface area (TPSA) is 145 Å². The Hall–Kier alpha value is -3.32. The van der Waals surface area contributed by atoms with Crippen molar-refractivity contribution in [2.24, 2.45) is 5.92 Å². The fraction of sp³-hybridized carbons (Fsp3) is 0.455. The van der Waals surface area contributed by atoms with E-state index in [2.05, 4.69) is 15.4 Å². The second-order valence-corrected chi connectivity index (χ2v) is 16.1. The van der Waals surface area contributed by atoms with E-state index in [1.54, 1.807) is 12.1 Å². The fourth-order valence-electron chi connectivity index (χ4n) is 4.85. The molecule has 3 rings (SSSR count). The Kier molecular flexibility index (Phi) is 12.7. The summed E-state index contributed by atoms with van der Waals surface area (Å²) in [6.45, 7) is 9.81. The molecule has 0 bridgehead atoms. The molecule has 0 aliphatic rings. The number of nitrogens with one attached hydrogen (secondary N) is 3. The number of rotatable bonds is 14. The van der Waals surface area contributed by atoms with Gasteiger partial charge in [-0.25, -0.2) is 17.9 Å². The molecule has 0 saturated carbocycles. The quantitative estimate of drug-likeness (QED) is 0.209. The predicted octanol–water partition coefficient (Wildman–Crippen LogP) is 3.42. The zero-order chi connectivity index (χ0) is 33.4. The monoisotopic (exact) mass is 658 g/mol. The van der Waals surface area contributed by atoms with E-state index in [0.717, 1.165) is 22.6 Å². The second kappa shape index (κ2) is 15.8. The summed E-state index contributed by atoms with van der Waals surface area (Å²) in [5.74, 6) is -0.943. The molecule has 0 heterocycles. The van der Waals surface area contributed by atoms with Gasteiger partial charge in [-0.2, -0.15) is 0 Å². The minimum absolute atomic E-state index is 0.0783. The standard InChI is InChI=1S/C33H46N4O6S2/c1-23(2)20-37(32(40)35-33(3,4)5)21-30(38)28(18-24-12-8-7-9-13-24)34-31(39)29(36-45(6,42)43)22-44(41)27-17-16-25-14-10-11-15-26(25)19-27/h7-17,19,23,28-30,36,38H,18,20-22H2,1-6H3,(H,34,39)(H,35,40)/t28-,29+,30+,44?/m0/s1. The Morgan fingerprint density at radius 3 is 2.16 bits per heavy atom. The molecule has 45 heavy (non-hydrogen) atoms. The van der Waals surface area contributed by atoms with Gasteiger partial charge in [0.05, 0.1) is 41.5 Å². The van der Waals surface area contributed by atoms with E-state index in [1.165, 1.54) is 4.90 Å². The van der Waals surface area contributed by atoms with Crippen molar-refractivity contribution in [2.45, 2.75) is 69.7 Å². The van der Waals surface area contributed by atoms with Crippen molar-refractivity contribution in [1.29, 1.82) is 0 Å². The summed E-state index contributed by atoms with van der Waals surface area (Å²) in [6.07, 6.45) is -0.0626. The number of aliphatic hydroxyl groups excluding tert-OH is 1. The third-order valence-electron chi connectivity index (χ3n) is 6.83. The average Bonchev–Trinajstić information content (AvgIpc) is 2.94. The maximum absolute atomic E-state index is 13.7. The van der Waals surface area contributed by atoms with Crippen molar-refractivity contribution in [3.05, 3.63) is 78.4 Å². The van der Waals surface area contributed by atoms with E-state index in [9.17, 15) is 27.3 Å². The van der Waals surface area contributed by atoms with Gasteiger partial charge in [-0.15, -0.1) is 0 Å².